The van der Waals surface area contributed by atoms with Gasteiger partial charge in [0.05, 0.1) is 6.10 Å². The van der Waals surface area contributed by atoms with Crippen molar-refractivity contribution in [3.05, 3.63) is 0 Å². The van der Waals surface area contributed by atoms with Crippen molar-refractivity contribution in [2.24, 2.45) is 0 Å². The van der Waals surface area contributed by atoms with Gasteiger partial charge in [-0.1, -0.05) is 6.92 Å². The van der Waals surface area contributed by atoms with Crippen LogP contribution in [0.2, 0.25) is 0 Å². The van der Waals surface area contributed by atoms with Crippen LogP contribution in [0.1, 0.15) is 46.5 Å². The van der Waals surface area contributed by atoms with Crippen LogP contribution < -0.4 is 0 Å². The fraction of sp³-hybridized carbons (Fsp3) is 0.812. The summed E-state index contributed by atoms with van der Waals surface area (Å²) in [6.45, 7) is 7.97. The summed E-state index contributed by atoms with van der Waals surface area (Å²) in [6, 6.07) is 0. The average molecular weight is 312 g/mol. The molecule has 0 saturated carbocycles. The van der Waals surface area contributed by atoms with Gasteiger partial charge >= 0.3 is 0 Å². The van der Waals surface area contributed by atoms with Crippen LogP contribution in [0.4, 0.5) is 0 Å². The van der Waals surface area contributed by atoms with Crippen molar-refractivity contribution in [3.63, 3.8) is 0 Å². The van der Waals surface area contributed by atoms with Gasteiger partial charge in [0.15, 0.2) is 0 Å². The highest BCUT2D eigenvalue weighted by Gasteiger charge is 2.23. The zero-order valence-electron chi connectivity index (χ0n) is 14.0. The van der Waals surface area contributed by atoms with Crippen LogP contribution in [0.15, 0.2) is 0 Å². The maximum Gasteiger partial charge on any atom is 0.248 e. The van der Waals surface area contributed by atoms with Crippen molar-refractivity contribution < 1.29 is 19.1 Å². The Morgan fingerprint density at radius 2 is 1.50 bits per heavy atom. The molecule has 0 spiro atoms. The number of ether oxygens (including phenoxy) is 1. The van der Waals surface area contributed by atoms with Gasteiger partial charge < -0.3 is 14.5 Å². The zero-order chi connectivity index (χ0) is 16.5. The van der Waals surface area contributed by atoms with Gasteiger partial charge in [-0.25, -0.2) is 0 Å². The lowest BCUT2D eigenvalue weighted by Crippen LogP contribution is -2.51. The maximum absolute atomic E-state index is 12.0. The van der Waals surface area contributed by atoms with Crippen molar-refractivity contribution >= 4 is 17.6 Å². The second kappa shape index (κ2) is 9.56. The summed E-state index contributed by atoms with van der Waals surface area (Å²) in [6.07, 6.45) is 2.08. The average Bonchev–Trinajstić information content (AvgIpc) is 2.52. The molecule has 0 aromatic carbocycles. The number of ketones is 1. The molecule has 22 heavy (non-hydrogen) atoms. The van der Waals surface area contributed by atoms with Crippen molar-refractivity contribution in [2.45, 2.75) is 52.6 Å². The third kappa shape index (κ3) is 6.56. The molecule has 1 fully saturated rings. The highest BCUT2D eigenvalue weighted by atomic mass is 16.5. The minimum Gasteiger partial charge on any atom is -0.369 e. The minimum absolute atomic E-state index is 0.0191. The molecular formula is C16H28N2O4. The number of amides is 2. The molecule has 1 aliphatic heterocycles. The molecular weight excluding hydrogens is 284 g/mol. The van der Waals surface area contributed by atoms with Crippen LogP contribution in [0.25, 0.3) is 0 Å². The number of Topliss-reactive ketones (excluding diaryl/α,β-unsaturated/α-hetero) is 1. The Labute approximate surface area is 132 Å². The zero-order valence-corrected chi connectivity index (χ0v) is 14.0. The Balaban J connectivity index is 2.25. The topological polar surface area (TPSA) is 66.9 Å². The first-order valence-electron chi connectivity index (χ1n) is 8.12. The van der Waals surface area contributed by atoms with Gasteiger partial charge in [0, 0.05) is 45.4 Å². The third-order valence-corrected chi connectivity index (χ3v) is 3.77. The monoisotopic (exact) mass is 312 g/mol. The van der Waals surface area contributed by atoms with Crippen LogP contribution >= 0.6 is 0 Å². The highest BCUT2D eigenvalue weighted by molar-refractivity contribution is 5.80. The standard InChI is InChI=1S/C16H28N2O4/c1-4-14(19)6-5-7-15(20)17-8-10-18(11-9-17)16(21)12-22-13(2)3/h13H,4-12H2,1-3H3. The van der Waals surface area contributed by atoms with Gasteiger partial charge in [-0.05, 0) is 20.3 Å². The lowest BCUT2D eigenvalue weighted by atomic mass is 10.1. The molecule has 6 heteroatoms. The van der Waals surface area contributed by atoms with E-state index in [-0.39, 0.29) is 30.3 Å². The molecule has 2 amide bonds. The number of carbonyl (C=O) groups excluding carboxylic acids is 3. The number of hydrogen-bond donors (Lipinski definition) is 0. The number of piperazine rings is 1. The number of hydrogen-bond acceptors (Lipinski definition) is 4. The summed E-state index contributed by atoms with van der Waals surface area (Å²) < 4.78 is 5.31. The van der Waals surface area contributed by atoms with Crippen LogP contribution in [0.3, 0.4) is 0 Å². The van der Waals surface area contributed by atoms with Crippen molar-refractivity contribution in [1.29, 1.82) is 0 Å². The summed E-state index contributed by atoms with van der Waals surface area (Å²) in [5, 5.41) is 0. The van der Waals surface area contributed by atoms with Gasteiger partial charge in [0.1, 0.15) is 12.4 Å². The first-order valence-corrected chi connectivity index (χ1v) is 8.12. The van der Waals surface area contributed by atoms with E-state index in [1.165, 1.54) is 0 Å². The Morgan fingerprint density at radius 3 is 2.00 bits per heavy atom. The largest absolute Gasteiger partial charge is 0.369 e. The van der Waals surface area contributed by atoms with E-state index in [2.05, 4.69) is 0 Å². The van der Waals surface area contributed by atoms with E-state index in [0.29, 0.717) is 51.9 Å². The summed E-state index contributed by atoms with van der Waals surface area (Å²) >= 11 is 0. The van der Waals surface area contributed by atoms with E-state index in [9.17, 15) is 14.4 Å². The Hall–Kier alpha value is -1.43. The van der Waals surface area contributed by atoms with E-state index < -0.39 is 0 Å². The molecule has 0 bridgehead atoms. The Kier molecular flexibility index (Phi) is 8.09. The predicted octanol–water partition coefficient (Wildman–Crippen LogP) is 1.23. The van der Waals surface area contributed by atoms with Crippen LogP contribution in [-0.4, -0.2) is 66.3 Å². The SMILES string of the molecule is CCC(=O)CCCC(=O)N1CCN(C(=O)COC(C)C)CC1. The van der Waals surface area contributed by atoms with Crippen LogP contribution in [0, 0.1) is 0 Å². The number of carbonyl (C=O) groups is 3. The number of nitrogens with zero attached hydrogens (tertiary/aromatic N) is 2. The molecule has 126 valence electrons. The second-order valence-electron chi connectivity index (χ2n) is 5.87. The molecule has 0 aliphatic carbocycles. The summed E-state index contributed by atoms with van der Waals surface area (Å²) in [5.74, 6) is 0.261. The van der Waals surface area contributed by atoms with E-state index >= 15 is 0 Å². The van der Waals surface area contributed by atoms with Crippen molar-refractivity contribution in [1.82, 2.24) is 9.80 Å². The molecule has 6 nitrogen and oxygen atoms in total. The minimum atomic E-state index is -0.0191. The second-order valence-corrected chi connectivity index (χ2v) is 5.87. The lowest BCUT2D eigenvalue weighted by Gasteiger charge is -2.35. The summed E-state index contributed by atoms with van der Waals surface area (Å²) in [4.78, 5) is 38.7. The molecule has 0 unspecified atom stereocenters. The van der Waals surface area contributed by atoms with Crippen LogP contribution in [-0.2, 0) is 19.1 Å². The fourth-order valence-corrected chi connectivity index (χ4v) is 2.31. The molecule has 1 aliphatic rings. The van der Waals surface area contributed by atoms with Gasteiger partial charge in [0.25, 0.3) is 0 Å². The first-order chi connectivity index (χ1) is 10.4. The molecule has 1 heterocycles. The number of rotatable bonds is 8. The molecule has 0 aromatic rings. The maximum atomic E-state index is 12.0. The fourth-order valence-electron chi connectivity index (χ4n) is 2.31. The molecule has 0 radical (unpaired) electrons. The lowest BCUT2D eigenvalue weighted by molar-refractivity contribution is -0.143. The van der Waals surface area contributed by atoms with Crippen LogP contribution in [0.5, 0.6) is 0 Å². The van der Waals surface area contributed by atoms with E-state index in [4.69, 9.17) is 4.74 Å². The molecule has 1 rings (SSSR count). The Morgan fingerprint density at radius 1 is 0.955 bits per heavy atom. The van der Waals surface area contributed by atoms with E-state index in [1.54, 1.807) is 9.80 Å². The van der Waals surface area contributed by atoms with Gasteiger partial charge in [-0.15, -0.1) is 0 Å². The third-order valence-electron chi connectivity index (χ3n) is 3.77. The molecule has 0 aromatic heterocycles. The molecule has 0 N–H and O–H groups in total. The summed E-state index contributed by atoms with van der Waals surface area (Å²) in [5.41, 5.74) is 0. The van der Waals surface area contributed by atoms with Crippen molar-refractivity contribution in [3.8, 4) is 0 Å². The van der Waals surface area contributed by atoms with Gasteiger partial charge in [-0.3, -0.25) is 14.4 Å². The van der Waals surface area contributed by atoms with Crippen molar-refractivity contribution in [2.75, 3.05) is 32.8 Å². The Bertz CT molecular complexity index is 388. The predicted molar refractivity (Wildman–Crippen MR) is 83.4 cm³/mol. The van der Waals surface area contributed by atoms with E-state index in [1.807, 2.05) is 20.8 Å². The van der Waals surface area contributed by atoms with E-state index in [0.717, 1.165) is 0 Å². The first kappa shape index (κ1) is 18.6. The van der Waals surface area contributed by atoms with Gasteiger partial charge in [0.2, 0.25) is 11.8 Å². The molecule has 0 atom stereocenters. The summed E-state index contributed by atoms with van der Waals surface area (Å²) in [7, 11) is 0. The normalized spacial score (nSPS) is 15.3. The van der Waals surface area contributed by atoms with Gasteiger partial charge in [-0.2, -0.15) is 0 Å². The smallest absolute Gasteiger partial charge is 0.248 e. The molecule has 1 saturated heterocycles. The quantitative estimate of drug-likeness (QED) is 0.676. The highest BCUT2D eigenvalue weighted by Crippen LogP contribution is 2.08.